The van der Waals surface area contributed by atoms with E-state index >= 15 is 0 Å². The summed E-state index contributed by atoms with van der Waals surface area (Å²) in [7, 11) is 1.58. The normalized spacial score (nSPS) is 17.0. The third-order valence-electron chi connectivity index (χ3n) is 7.14. The zero-order valence-corrected chi connectivity index (χ0v) is 23.3. The minimum Gasteiger partial charge on any atom is -0.497 e. The fourth-order valence-electron chi connectivity index (χ4n) is 4.79. The van der Waals surface area contributed by atoms with E-state index in [-0.39, 0.29) is 24.2 Å². The number of carbonyl (C=O) groups excluding carboxylic acids is 2. The number of nitrogens with one attached hydrogen (secondary N) is 1. The maximum Gasteiger partial charge on any atom is 0.220 e. The number of ketones is 1. The molecular weight excluding hydrogens is 496 g/mol. The number of ether oxygens (including phenoxy) is 2. The average Bonchev–Trinajstić information content (AvgIpc) is 3.37. The number of amides is 1. The van der Waals surface area contributed by atoms with Crippen LogP contribution in [0, 0.1) is 0 Å². The van der Waals surface area contributed by atoms with E-state index in [0.29, 0.717) is 62.3 Å². The lowest BCUT2D eigenvalue weighted by molar-refractivity contribution is -0.123. The first-order valence-corrected chi connectivity index (χ1v) is 14.2. The van der Waals surface area contributed by atoms with Gasteiger partial charge in [-0.3, -0.25) is 14.5 Å². The van der Waals surface area contributed by atoms with Crippen LogP contribution in [-0.4, -0.2) is 72.3 Å². The van der Waals surface area contributed by atoms with Crippen LogP contribution in [0.25, 0.3) is 0 Å². The number of benzene rings is 2. The van der Waals surface area contributed by atoms with Crippen LogP contribution in [0.15, 0.2) is 48.5 Å². The summed E-state index contributed by atoms with van der Waals surface area (Å²) in [5.74, 6) is 1.34. The Morgan fingerprint density at radius 2 is 1.69 bits per heavy atom. The highest BCUT2D eigenvalue weighted by Gasteiger charge is 2.29. The SMILES string of the molecule is CCCCCOc1ccc([C@@H](O)[C@@H](CN2CC[C@H](O)C2)NC(=O)CCCCC(=O)c2ccc(OC)cc2)cc1. The van der Waals surface area contributed by atoms with Crippen molar-refractivity contribution in [3.05, 3.63) is 59.7 Å². The van der Waals surface area contributed by atoms with Gasteiger partial charge in [-0.2, -0.15) is 0 Å². The van der Waals surface area contributed by atoms with Gasteiger partial charge < -0.3 is 25.0 Å². The summed E-state index contributed by atoms with van der Waals surface area (Å²) in [6.07, 6.45) is 4.47. The second kappa shape index (κ2) is 16.2. The Kier molecular flexibility index (Phi) is 12.7. The molecule has 0 aliphatic carbocycles. The molecule has 214 valence electrons. The molecule has 0 aromatic heterocycles. The first-order chi connectivity index (χ1) is 18.9. The molecule has 2 aromatic rings. The molecule has 1 aliphatic rings. The summed E-state index contributed by atoms with van der Waals surface area (Å²) >= 11 is 0. The predicted octanol–water partition coefficient (Wildman–Crippen LogP) is 4.29. The van der Waals surface area contributed by atoms with E-state index in [1.807, 2.05) is 24.3 Å². The van der Waals surface area contributed by atoms with E-state index in [4.69, 9.17) is 9.47 Å². The molecule has 0 spiro atoms. The lowest BCUT2D eigenvalue weighted by Gasteiger charge is -2.29. The topological polar surface area (TPSA) is 108 Å². The highest BCUT2D eigenvalue weighted by atomic mass is 16.5. The standard InChI is InChI=1S/C31H44N2O6/c1-3-4-7-20-39-27-16-12-24(13-17-27)31(37)28(22-33-19-18-25(34)21-33)32-30(36)9-6-5-8-29(35)23-10-14-26(38-2)15-11-23/h10-17,25,28,31,34,37H,3-9,18-22H2,1-2H3,(H,32,36)/t25-,28+,31+/m0/s1. The number of hydrogen-bond donors (Lipinski definition) is 3. The third-order valence-corrected chi connectivity index (χ3v) is 7.14. The molecule has 2 aromatic carbocycles. The van der Waals surface area contributed by atoms with Crippen molar-refractivity contribution in [1.82, 2.24) is 10.2 Å². The van der Waals surface area contributed by atoms with E-state index in [2.05, 4.69) is 17.1 Å². The van der Waals surface area contributed by atoms with Crippen molar-refractivity contribution in [2.24, 2.45) is 0 Å². The van der Waals surface area contributed by atoms with Crippen molar-refractivity contribution in [2.45, 2.75) is 76.5 Å². The Morgan fingerprint density at radius 3 is 2.33 bits per heavy atom. The summed E-state index contributed by atoms with van der Waals surface area (Å²) in [4.78, 5) is 27.3. The number of unbranched alkanes of at least 4 members (excludes halogenated alkanes) is 3. The maximum absolute atomic E-state index is 12.8. The summed E-state index contributed by atoms with van der Waals surface area (Å²) < 4.78 is 10.9. The van der Waals surface area contributed by atoms with Crippen molar-refractivity contribution in [3.8, 4) is 11.5 Å². The highest BCUT2D eigenvalue weighted by molar-refractivity contribution is 5.96. The third kappa shape index (κ3) is 10.3. The minimum atomic E-state index is -0.905. The van der Waals surface area contributed by atoms with E-state index in [9.17, 15) is 19.8 Å². The van der Waals surface area contributed by atoms with Crippen LogP contribution in [0.3, 0.4) is 0 Å². The Morgan fingerprint density at radius 1 is 1.00 bits per heavy atom. The molecule has 3 atom stereocenters. The molecule has 1 fully saturated rings. The first kappa shape index (κ1) is 30.6. The molecule has 3 rings (SSSR count). The molecule has 0 unspecified atom stereocenters. The van der Waals surface area contributed by atoms with Crippen molar-refractivity contribution >= 4 is 11.7 Å². The number of rotatable bonds is 17. The van der Waals surface area contributed by atoms with Crippen molar-refractivity contribution in [1.29, 1.82) is 0 Å². The number of aliphatic hydroxyl groups is 2. The summed E-state index contributed by atoms with van der Waals surface area (Å²) in [5, 5.41) is 24.2. The molecule has 8 heteroatoms. The smallest absolute Gasteiger partial charge is 0.220 e. The molecule has 0 bridgehead atoms. The second-order valence-corrected chi connectivity index (χ2v) is 10.3. The van der Waals surface area contributed by atoms with Crippen LogP contribution >= 0.6 is 0 Å². The zero-order chi connectivity index (χ0) is 28.0. The average molecular weight is 541 g/mol. The van der Waals surface area contributed by atoms with Gasteiger partial charge >= 0.3 is 0 Å². The number of likely N-dealkylation sites (tertiary alicyclic amines) is 1. The highest BCUT2D eigenvalue weighted by Crippen LogP contribution is 2.23. The van der Waals surface area contributed by atoms with Gasteiger partial charge in [-0.25, -0.2) is 0 Å². The number of hydrogen-bond acceptors (Lipinski definition) is 7. The molecule has 8 nitrogen and oxygen atoms in total. The fourth-order valence-corrected chi connectivity index (χ4v) is 4.79. The Bertz CT molecular complexity index is 1010. The van der Waals surface area contributed by atoms with Gasteiger partial charge in [-0.05, 0) is 67.6 Å². The minimum absolute atomic E-state index is 0.0386. The Labute approximate surface area is 232 Å². The Balaban J connectivity index is 1.51. The van der Waals surface area contributed by atoms with E-state index in [1.54, 1.807) is 31.4 Å². The number of carbonyl (C=O) groups is 2. The molecule has 39 heavy (non-hydrogen) atoms. The van der Waals surface area contributed by atoms with E-state index in [0.717, 1.165) is 31.6 Å². The number of aliphatic hydroxyl groups excluding tert-OH is 2. The molecule has 0 saturated carbocycles. The number of nitrogens with zero attached hydrogens (tertiary/aromatic N) is 1. The largest absolute Gasteiger partial charge is 0.497 e. The molecular formula is C31H44N2O6. The monoisotopic (exact) mass is 540 g/mol. The van der Waals surface area contributed by atoms with E-state index < -0.39 is 12.1 Å². The van der Waals surface area contributed by atoms with Crippen LogP contribution in [0.4, 0.5) is 0 Å². The van der Waals surface area contributed by atoms with Crippen LogP contribution in [-0.2, 0) is 4.79 Å². The van der Waals surface area contributed by atoms with Crippen molar-refractivity contribution in [2.75, 3.05) is 33.4 Å². The molecule has 0 radical (unpaired) electrons. The maximum atomic E-state index is 12.8. The van der Waals surface area contributed by atoms with Crippen molar-refractivity contribution < 1.29 is 29.3 Å². The number of β-amino-alcohol motifs (C(OH)–C–C–N with tert-alkyl or cyclic N) is 1. The van der Waals surface area contributed by atoms with Crippen LogP contribution in [0.2, 0.25) is 0 Å². The summed E-state index contributed by atoms with van der Waals surface area (Å²) in [5.41, 5.74) is 1.33. The molecule has 1 amide bonds. The van der Waals surface area contributed by atoms with Gasteiger partial charge in [0.05, 0.1) is 25.9 Å². The predicted molar refractivity (Wildman–Crippen MR) is 151 cm³/mol. The van der Waals surface area contributed by atoms with E-state index in [1.165, 1.54) is 0 Å². The lowest BCUT2D eigenvalue weighted by Crippen LogP contribution is -2.47. The summed E-state index contributed by atoms with van der Waals surface area (Å²) in [6.45, 7) is 4.50. The molecule has 3 N–H and O–H groups in total. The van der Waals surface area contributed by atoms with Crippen LogP contribution in [0.1, 0.15) is 80.3 Å². The second-order valence-electron chi connectivity index (χ2n) is 10.3. The molecule has 1 heterocycles. The number of methoxy groups -OCH3 is 1. The van der Waals surface area contributed by atoms with Gasteiger partial charge in [0.25, 0.3) is 0 Å². The zero-order valence-electron chi connectivity index (χ0n) is 23.3. The fraction of sp³-hybridized carbons (Fsp3) is 0.548. The lowest BCUT2D eigenvalue weighted by atomic mass is 10.0. The van der Waals surface area contributed by atoms with Gasteiger partial charge in [0, 0.05) is 38.0 Å². The Hall–Kier alpha value is -2.94. The van der Waals surface area contributed by atoms with Gasteiger partial charge in [-0.15, -0.1) is 0 Å². The summed E-state index contributed by atoms with van der Waals surface area (Å²) in [6, 6.07) is 13.9. The van der Waals surface area contributed by atoms with Crippen LogP contribution in [0.5, 0.6) is 11.5 Å². The number of Topliss-reactive ketones (excluding diaryl/α,β-unsaturated/α-hetero) is 1. The van der Waals surface area contributed by atoms with Gasteiger partial charge in [0.15, 0.2) is 5.78 Å². The van der Waals surface area contributed by atoms with Gasteiger partial charge in [-0.1, -0.05) is 31.9 Å². The van der Waals surface area contributed by atoms with Crippen molar-refractivity contribution in [3.63, 3.8) is 0 Å². The first-order valence-electron chi connectivity index (χ1n) is 14.2. The molecule has 1 saturated heterocycles. The molecule has 1 aliphatic heterocycles. The quantitative estimate of drug-likeness (QED) is 0.203. The van der Waals surface area contributed by atoms with Gasteiger partial charge in [0.1, 0.15) is 17.6 Å². The van der Waals surface area contributed by atoms with Crippen LogP contribution < -0.4 is 14.8 Å². The van der Waals surface area contributed by atoms with Gasteiger partial charge in [0.2, 0.25) is 5.91 Å².